The van der Waals surface area contributed by atoms with Crippen LogP contribution in [0.1, 0.15) is 36.7 Å². The molecule has 2 aromatic heterocycles. The summed E-state index contributed by atoms with van der Waals surface area (Å²) in [5.74, 6) is 0.260. The molecule has 1 aliphatic heterocycles. The average Bonchev–Trinajstić information content (AvgIpc) is 3.25. The lowest BCUT2D eigenvalue weighted by atomic mass is 9.87. The number of hydrogen-bond acceptors (Lipinski definition) is 7. The molecule has 180 valence electrons. The van der Waals surface area contributed by atoms with Crippen LogP contribution < -0.4 is 5.32 Å². The highest BCUT2D eigenvalue weighted by molar-refractivity contribution is 6.08. The van der Waals surface area contributed by atoms with E-state index in [1.165, 1.54) is 0 Å². The summed E-state index contributed by atoms with van der Waals surface area (Å²) in [6, 6.07) is 9.38. The van der Waals surface area contributed by atoms with Crippen molar-refractivity contribution in [3.8, 4) is 6.07 Å². The Bertz CT molecular complexity index is 1320. The quantitative estimate of drug-likeness (QED) is 0.331. The van der Waals surface area contributed by atoms with Gasteiger partial charge in [0, 0.05) is 43.5 Å². The summed E-state index contributed by atoms with van der Waals surface area (Å²) in [6.07, 6.45) is 4.86. The summed E-state index contributed by atoms with van der Waals surface area (Å²) in [4.78, 5) is 41.4. The van der Waals surface area contributed by atoms with Crippen molar-refractivity contribution in [3.05, 3.63) is 53.4 Å². The number of benzene rings is 1. The average molecular weight is 472 g/mol. The molecule has 0 unspecified atom stereocenters. The molecular formula is C26H29N7O2. The molecular weight excluding hydrogens is 442 g/mol. The number of aromatic nitrogens is 3. The lowest BCUT2D eigenvalue weighted by Gasteiger charge is -2.32. The van der Waals surface area contributed by atoms with Gasteiger partial charge in [-0.3, -0.25) is 9.59 Å². The molecule has 3 aromatic rings. The van der Waals surface area contributed by atoms with Crippen molar-refractivity contribution in [3.63, 3.8) is 0 Å². The molecule has 1 fully saturated rings. The highest BCUT2D eigenvalue weighted by Gasteiger charge is 2.26. The molecule has 0 radical (unpaired) electrons. The van der Waals surface area contributed by atoms with Gasteiger partial charge in [0.2, 0.25) is 0 Å². The lowest BCUT2D eigenvalue weighted by Crippen LogP contribution is -2.47. The van der Waals surface area contributed by atoms with Crippen LogP contribution in [0.15, 0.2) is 42.2 Å². The third kappa shape index (κ3) is 5.39. The smallest absolute Gasteiger partial charge is 0.264 e. The molecule has 4 rings (SSSR count). The number of nitrogens with one attached hydrogen (secondary N) is 2. The van der Waals surface area contributed by atoms with Crippen LogP contribution >= 0.6 is 0 Å². The van der Waals surface area contributed by atoms with Crippen molar-refractivity contribution in [2.75, 3.05) is 38.5 Å². The molecule has 0 atom stereocenters. The van der Waals surface area contributed by atoms with E-state index in [0.717, 1.165) is 24.3 Å². The van der Waals surface area contributed by atoms with Crippen LogP contribution in [0.4, 0.5) is 11.5 Å². The Kier molecular flexibility index (Phi) is 6.67. The molecule has 9 heteroatoms. The molecule has 0 bridgehead atoms. The Labute approximate surface area is 204 Å². The van der Waals surface area contributed by atoms with Crippen molar-refractivity contribution < 1.29 is 9.59 Å². The SMILES string of the molecule is CN1CCN(C(=O)/C(C#N)=C\c2ccc(Nc3cnc4[nH]cc(C(=O)C(C)(C)C)c4n3)cc2)CC1. The number of piperazine rings is 1. The fourth-order valence-corrected chi connectivity index (χ4v) is 3.83. The predicted octanol–water partition coefficient (Wildman–Crippen LogP) is 3.61. The fraction of sp³-hybridized carbons (Fsp3) is 0.346. The minimum absolute atomic E-state index is 0.00856. The van der Waals surface area contributed by atoms with Crippen LogP contribution in [-0.2, 0) is 4.79 Å². The minimum atomic E-state index is -0.530. The van der Waals surface area contributed by atoms with E-state index < -0.39 is 5.41 Å². The third-order valence-corrected chi connectivity index (χ3v) is 5.94. The first-order valence-electron chi connectivity index (χ1n) is 11.5. The number of ketones is 1. The Morgan fingerprint density at radius 3 is 2.46 bits per heavy atom. The van der Waals surface area contributed by atoms with Gasteiger partial charge in [0.1, 0.15) is 23.0 Å². The molecule has 1 aromatic carbocycles. The van der Waals surface area contributed by atoms with Crippen LogP contribution in [-0.4, -0.2) is 69.7 Å². The number of amides is 1. The van der Waals surface area contributed by atoms with Crippen molar-refractivity contribution >= 4 is 40.4 Å². The number of carbonyl (C=O) groups excluding carboxylic acids is 2. The first-order chi connectivity index (χ1) is 16.7. The molecule has 1 amide bonds. The molecule has 9 nitrogen and oxygen atoms in total. The van der Waals surface area contributed by atoms with Gasteiger partial charge in [0.25, 0.3) is 5.91 Å². The van der Waals surface area contributed by atoms with Crippen LogP contribution in [0.3, 0.4) is 0 Å². The van der Waals surface area contributed by atoms with E-state index in [0.29, 0.717) is 35.6 Å². The molecule has 1 aliphatic rings. The second kappa shape index (κ2) is 9.68. The number of anilines is 2. The molecule has 0 aliphatic carbocycles. The van der Waals surface area contributed by atoms with E-state index >= 15 is 0 Å². The summed E-state index contributed by atoms with van der Waals surface area (Å²) in [5, 5.41) is 12.7. The van der Waals surface area contributed by atoms with E-state index in [1.54, 1.807) is 23.4 Å². The summed E-state index contributed by atoms with van der Waals surface area (Å²) in [5.41, 5.74) is 2.69. The van der Waals surface area contributed by atoms with Gasteiger partial charge in [-0.15, -0.1) is 0 Å². The normalized spacial score (nSPS) is 15.2. The van der Waals surface area contributed by atoms with Gasteiger partial charge in [-0.25, -0.2) is 9.97 Å². The zero-order chi connectivity index (χ0) is 25.2. The van der Waals surface area contributed by atoms with Crippen molar-refractivity contribution in [1.82, 2.24) is 24.8 Å². The van der Waals surface area contributed by atoms with Gasteiger partial charge >= 0.3 is 0 Å². The fourth-order valence-electron chi connectivity index (χ4n) is 3.83. The van der Waals surface area contributed by atoms with E-state index in [1.807, 2.05) is 58.2 Å². The van der Waals surface area contributed by atoms with Crippen molar-refractivity contribution in [2.45, 2.75) is 20.8 Å². The first-order valence-corrected chi connectivity index (χ1v) is 11.5. The summed E-state index contributed by atoms with van der Waals surface area (Å²) in [7, 11) is 2.02. The number of nitriles is 1. The highest BCUT2D eigenvalue weighted by Crippen LogP contribution is 2.26. The van der Waals surface area contributed by atoms with Gasteiger partial charge in [0.15, 0.2) is 11.4 Å². The van der Waals surface area contributed by atoms with E-state index in [4.69, 9.17) is 0 Å². The number of nitrogens with zero attached hydrogens (tertiary/aromatic N) is 5. The molecule has 0 spiro atoms. The number of H-pyrrole nitrogens is 1. The Morgan fingerprint density at radius 2 is 1.83 bits per heavy atom. The standard InChI is InChI=1S/C26H29N7O2/c1-26(2,3)23(34)20-15-28-24-22(20)31-21(16-29-24)30-19-7-5-17(6-8-19)13-18(14-27)25(35)33-11-9-32(4)10-12-33/h5-8,13,15-16H,9-12H2,1-4H3,(H,28,29)(H,30,31)/b18-13-. The number of likely N-dealkylation sites (N-methyl/N-ethyl adjacent to an activating group) is 1. The summed E-state index contributed by atoms with van der Waals surface area (Å²) in [6.45, 7) is 8.45. The molecule has 3 heterocycles. The number of fused-ring (bicyclic) bond motifs is 1. The topological polar surface area (TPSA) is 118 Å². The minimum Gasteiger partial charge on any atom is -0.344 e. The molecule has 2 N–H and O–H groups in total. The maximum Gasteiger partial charge on any atom is 0.264 e. The number of rotatable bonds is 5. The van der Waals surface area contributed by atoms with Gasteiger partial charge in [-0.2, -0.15) is 5.26 Å². The van der Waals surface area contributed by atoms with Crippen LogP contribution in [0.25, 0.3) is 17.2 Å². The van der Waals surface area contributed by atoms with Crippen LogP contribution in [0.2, 0.25) is 0 Å². The van der Waals surface area contributed by atoms with E-state index in [2.05, 4.69) is 25.2 Å². The zero-order valence-corrected chi connectivity index (χ0v) is 20.4. The van der Waals surface area contributed by atoms with E-state index in [-0.39, 0.29) is 17.3 Å². The number of hydrogen-bond donors (Lipinski definition) is 2. The Morgan fingerprint density at radius 1 is 1.14 bits per heavy atom. The summed E-state index contributed by atoms with van der Waals surface area (Å²) < 4.78 is 0. The van der Waals surface area contributed by atoms with Gasteiger partial charge in [0.05, 0.1) is 11.8 Å². The second-order valence-electron chi connectivity index (χ2n) is 9.75. The Balaban J connectivity index is 1.50. The Hall–Kier alpha value is -4.03. The van der Waals surface area contributed by atoms with Crippen molar-refractivity contribution in [1.29, 1.82) is 5.26 Å². The largest absolute Gasteiger partial charge is 0.344 e. The molecule has 35 heavy (non-hydrogen) atoms. The maximum absolute atomic E-state index is 12.8. The van der Waals surface area contributed by atoms with Gasteiger partial charge < -0.3 is 20.1 Å². The van der Waals surface area contributed by atoms with Crippen LogP contribution in [0.5, 0.6) is 0 Å². The number of Topliss-reactive ketones (excluding diaryl/α,β-unsaturated/α-hetero) is 1. The zero-order valence-electron chi connectivity index (χ0n) is 20.4. The number of carbonyl (C=O) groups is 2. The second-order valence-corrected chi connectivity index (χ2v) is 9.75. The first kappa shape index (κ1) is 24.1. The molecule has 0 saturated carbocycles. The predicted molar refractivity (Wildman–Crippen MR) is 135 cm³/mol. The van der Waals surface area contributed by atoms with Gasteiger partial charge in [-0.05, 0) is 30.8 Å². The van der Waals surface area contributed by atoms with Crippen LogP contribution in [0, 0.1) is 16.7 Å². The summed E-state index contributed by atoms with van der Waals surface area (Å²) >= 11 is 0. The van der Waals surface area contributed by atoms with Gasteiger partial charge in [-0.1, -0.05) is 32.9 Å². The lowest BCUT2D eigenvalue weighted by molar-refractivity contribution is -0.128. The third-order valence-electron chi connectivity index (χ3n) is 5.94. The number of aromatic amines is 1. The monoisotopic (exact) mass is 471 g/mol. The molecule has 1 saturated heterocycles. The maximum atomic E-state index is 12.8. The van der Waals surface area contributed by atoms with E-state index in [9.17, 15) is 14.9 Å². The highest BCUT2D eigenvalue weighted by atomic mass is 16.2. The van der Waals surface area contributed by atoms with Crippen molar-refractivity contribution in [2.24, 2.45) is 5.41 Å².